The highest BCUT2D eigenvalue weighted by atomic mass is 32.2. The Morgan fingerprint density at radius 3 is 2.89 bits per heavy atom. The van der Waals surface area contributed by atoms with Crippen molar-refractivity contribution in [2.24, 2.45) is 0 Å². The molecule has 2 rings (SSSR count). The summed E-state index contributed by atoms with van der Waals surface area (Å²) < 4.78 is 25.7. The molecule has 0 aromatic carbocycles. The zero-order valence-electron chi connectivity index (χ0n) is 10.2. The predicted octanol–water partition coefficient (Wildman–Crippen LogP) is -0.00118. The Bertz CT molecular complexity index is 649. The summed E-state index contributed by atoms with van der Waals surface area (Å²) in [5.41, 5.74) is 1.87. The maximum Gasteiger partial charge on any atom is 0.243 e. The monoisotopic (exact) mass is 269 g/mol. The van der Waals surface area contributed by atoms with Gasteiger partial charge in [0, 0.05) is 19.3 Å². The quantitative estimate of drug-likeness (QED) is 0.746. The first-order valence-corrected chi connectivity index (χ1v) is 7.35. The molecule has 2 heterocycles. The first-order chi connectivity index (χ1) is 8.44. The molecule has 2 aromatic heterocycles. The molecule has 0 spiro atoms. The SMILES string of the molecule is Cc1ccn2nc(NCCNS(C)(=O)=O)nc2c1. The number of fused-ring (bicyclic) bond motifs is 1. The summed E-state index contributed by atoms with van der Waals surface area (Å²) in [6, 6.07) is 3.86. The fourth-order valence-electron chi connectivity index (χ4n) is 1.47. The molecule has 2 N–H and O–H groups in total. The normalized spacial score (nSPS) is 11.9. The van der Waals surface area contributed by atoms with Crippen LogP contribution in [-0.4, -0.2) is 42.4 Å². The van der Waals surface area contributed by atoms with Crippen LogP contribution in [0.25, 0.3) is 5.65 Å². The van der Waals surface area contributed by atoms with Crippen molar-refractivity contribution in [3.05, 3.63) is 23.9 Å². The van der Waals surface area contributed by atoms with Gasteiger partial charge in [-0.1, -0.05) is 0 Å². The van der Waals surface area contributed by atoms with Crippen molar-refractivity contribution in [1.82, 2.24) is 19.3 Å². The van der Waals surface area contributed by atoms with Crippen LogP contribution in [-0.2, 0) is 10.0 Å². The number of sulfonamides is 1. The zero-order valence-corrected chi connectivity index (χ0v) is 11.0. The lowest BCUT2D eigenvalue weighted by atomic mass is 10.3. The summed E-state index contributed by atoms with van der Waals surface area (Å²) in [6.45, 7) is 2.72. The molecule has 0 unspecified atom stereocenters. The van der Waals surface area contributed by atoms with Gasteiger partial charge >= 0.3 is 0 Å². The largest absolute Gasteiger partial charge is 0.352 e. The first kappa shape index (κ1) is 12.8. The molecule has 18 heavy (non-hydrogen) atoms. The van der Waals surface area contributed by atoms with Crippen LogP contribution < -0.4 is 10.0 Å². The average molecular weight is 269 g/mol. The van der Waals surface area contributed by atoms with Gasteiger partial charge < -0.3 is 5.32 Å². The maximum absolute atomic E-state index is 10.8. The van der Waals surface area contributed by atoms with E-state index >= 15 is 0 Å². The van der Waals surface area contributed by atoms with E-state index < -0.39 is 10.0 Å². The zero-order chi connectivity index (χ0) is 13.2. The average Bonchev–Trinajstić information content (AvgIpc) is 2.65. The highest BCUT2D eigenvalue weighted by Crippen LogP contribution is 2.06. The van der Waals surface area contributed by atoms with E-state index in [1.165, 1.54) is 0 Å². The third-order valence-electron chi connectivity index (χ3n) is 2.27. The van der Waals surface area contributed by atoms with Crippen LogP contribution in [0.2, 0.25) is 0 Å². The number of anilines is 1. The number of hydrogen-bond acceptors (Lipinski definition) is 5. The van der Waals surface area contributed by atoms with E-state index in [9.17, 15) is 8.42 Å². The fourth-order valence-corrected chi connectivity index (χ4v) is 1.94. The minimum Gasteiger partial charge on any atom is -0.352 e. The molecule has 8 heteroatoms. The van der Waals surface area contributed by atoms with Crippen molar-refractivity contribution in [1.29, 1.82) is 0 Å². The van der Waals surface area contributed by atoms with Gasteiger partial charge in [-0.3, -0.25) is 0 Å². The van der Waals surface area contributed by atoms with Crippen LogP contribution >= 0.6 is 0 Å². The van der Waals surface area contributed by atoms with Crippen molar-refractivity contribution < 1.29 is 8.42 Å². The molecule has 0 saturated carbocycles. The summed E-state index contributed by atoms with van der Waals surface area (Å²) >= 11 is 0. The standard InChI is InChI=1S/C10H15N5O2S/c1-8-3-6-15-9(7-8)13-10(14-15)11-4-5-12-18(2,16)17/h3,6-7,12H,4-5H2,1-2H3,(H,11,14). The molecular formula is C10H15N5O2S. The highest BCUT2D eigenvalue weighted by Gasteiger charge is 2.03. The van der Waals surface area contributed by atoms with Crippen LogP contribution in [0.3, 0.4) is 0 Å². The number of aryl methyl sites for hydroxylation is 1. The molecule has 0 bridgehead atoms. The minimum atomic E-state index is -3.14. The summed E-state index contributed by atoms with van der Waals surface area (Å²) in [4.78, 5) is 4.27. The van der Waals surface area contributed by atoms with E-state index in [0.29, 0.717) is 19.0 Å². The predicted molar refractivity (Wildman–Crippen MR) is 69.1 cm³/mol. The Labute approximate surface area is 105 Å². The van der Waals surface area contributed by atoms with Crippen LogP contribution in [0.1, 0.15) is 5.56 Å². The van der Waals surface area contributed by atoms with E-state index in [4.69, 9.17) is 0 Å². The molecule has 0 amide bonds. The lowest BCUT2D eigenvalue weighted by Crippen LogP contribution is -2.27. The molecule has 0 fully saturated rings. The van der Waals surface area contributed by atoms with Crippen LogP contribution in [0, 0.1) is 6.92 Å². The van der Waals surface area contributed by atoms with Gasteiger partial charge in [-0.15, -0.1) is 5.10 Å². The second-order valence-corrected chi connectivity index (χ2v) is 5.87. The molecule has 0 saturated heterocycles. The van der Waals surface area contributed by atoms with E-state index in [-0.39, 0.29) is 0 Å². The van der Waals surface area contributed by atoms with Crippen molar-refractivity contribution in [3.63, 3.8) is 0 Å². The van der Waals surface area contributed by atoms with Gasteiger partial charge in [-0.05, 0) is 24.6 Å². The topological polar surface area (TPSA) is 88.4 Å². The second-order valence-electron chi connectivity index (χ2n) is 4.04. The number of nitrogens with zero attached hydrogens (tertiary/aromatic N) is 3. The molecule has 0 atom stereocenters. The van der Waals surface area contributed by atoms with Crippen LogP contribution in [0.5, 0.6) is 0 Å². The third kappa shape index (κ3) is 3.41. The minimum absolute atomic E-state index is 0.299. The van der Waals surface area contributed by atoms with Crippen LogP contribution in [0.15, 0.2) is 18.3 Å². The number of aromatic nitrogens is 3. The summed E-state index contributed by atoms with van der Waals surface area (Å²) in [7, 11) is -3.14. The van der Waals surface area contributed by atoms with Gasteiger partial charge in [0.2, 0.25) is 16.0 Å². The summed E-state index contributed by atoms with van der Waals surface area (Å²) in [5, 5.41) is 7.16. The molecule has 0 aliphatic heterocycles. The van der Waals surface area contributed by atoms with Gasteiger partial charge in [-0.2, -0.15) is 4.98 Å². The Kier molecular flexibility index (Phi) is 3.48. The molecule has 2 aromatic rings. The van der Waals surface area contributed by atoms with Crippen molar-refractivity contribution >= 4 is 21.6 Å². The maximum atomic E-state index is 10.8. The van der Waals surface area contributed by atoms with E-state index in [2.05, 4.69) is 20.1 Å². The molecule has 0 aliphatic carbocycles. The third-order valence-corrected chi connectivity index (χ3v) is 2.99. The molecule has 98 valence electrons. The molecule has 0 radical (unpaired) electrons. The van der Waals surface area contributed by atoms with E-state index in [1.807, 2.05) is 25.3 Å². The van der Waals surface area contributed by atoms with Gasteiger partial charge in [0.15, 0.2) is 5.65 Å². The first-order valence-electron chi connectivity index (χ1n) is 5.45. The van der Waals surface area contributed by atoms with E-state index in [0.717, 1.165) is 17.5 Å². The fraction of sp³-hybridized carbons (Fsp3) is 0.400. The highest BCUT2D eigenvalue weighted by molar-refractivity contribution is 7.88. The second kappa shape index (κ2) is 4.91. The van der Waals surface area contributed by atoms with Gasteiger partial charge in [0.05, 0.1) is 6.26 Å². The van der Waals surface area contributed by atoms with Crippen molar-refractivity contribution in [2.75, 3.05) is 24.7 Å². The van der Waals surface area contributed by atoms with E-state index in [1.54, 1.807) is 4.52 Å². The number of rotatable bonds is 5. The van der Waals surface area contributed by atoms with Gasteiger partial charge in [0.1, 0.15) is 0 Å². The van der Waals surface area contributed by atoms with Crippen molar-refractivity contribution in [2.45, 2.75) is 6.92 Å². The molecule has 0 aliphatic rings. The van der Waals surface area contributed by atoms with Gasteiger partial charge in [-0.25, -0.2) is 17.7 Å². The lowest BCUT2D eigenvalue weighted by molar-refractivity contribution is 0.589. The Balaban J connectivity index is 1.96. The Morgan fingerprint density at radius 2 is 2.17 bits per heavy atom. The number of pyridine rings is 1. The van der Waals surface area contributed by atoms with Gasteiger partial charge in [0.25, 0.3) is 0 Å². The number of nitrogens with one attached hydrogen (secondary N) is 2. The summed E-state index contributed by atoms with van der Waals surface area (Å²) in [6.07, 6.45) is 2.95. The number of hydrogen-bond donors (Lipinski definition) is 2. The Hall–Kier alpha value is -1.67. The van der Waals surface area contributed by atoms with Crippen molar-refractivity contribution in [3.8, 4) is 0 Å². The smallest absolute Gasteiger partial charge is 0.243 e. The lowest BCUT2D eigenvalue weighted by Gasteiger charge is -2.01. The van der Waals surface area contributed by atoms with Crippen LogP contribution in [0.4, 0.5) is 5.95 Å². The molecular weight excluding hydrogens is 254 g/mol. The molecule has 7 nitrogen and oxygen atoms in total. The summed E-state index contributed by atoms with van der Waals surface area (Å²) in [5.74, 6) is 0.482. The Morgan fingerprint density at radius 1 is 1.39 bits per heavy atom.